The summed E-state index contributed by atoms with van der Waals surface area (Å²) in [4.78, 5) is 4.22. The number of imidazole rings is 1. The molecule has 4 heteroatoms. The third-order valence-electron chi connectivity index (χ3n) is 3.44. The summed E-state index contributed by atoms with van der Waals surface area (Å²) in [5.41, 5.74) is 1.24. The van der Waals surface area contributed by atoms with Crippen LogP contribution in [0.15, 0.2) is 12.5 Å². The molecule has 1 saturated heterocycles. The number of nitrogens with one attached hydrogen (secondary N) is 1. The summed E-state index contributed by atoms with van der Waals surface area (Å²) < 4.78 is 8.22. The third-order valence-corrected chi connectivity index (χ3v) is 3.44. The van der Waals surface area contributed by atoms with Gasteiger partial charge in [0.05, 0.1) is 30.9 Å². The van der Waals surface area contributed by atoms with Gasteiger partial charge in [0, 0.05) is 6.04 Å². The maximum absolute atomic E-state index is 5.95. The summed E-state index contributed by atoms with van der Waals surface area (Å²) in [5.74, 6) is 0. The molecule has 0 radical (unpaired) electrons. The van der Waals surface area contributed by atoms with Gasteiger partial charge in [-0.15, -0.1) is 0 Å². The van der Waals surface area contributed by atoms with E-state index in [0.717, 1.165) is 32.5 Å². The summed E-state index contributed by atoms with van der Waals surface area (Å²) in [6.45, 7) is 2.90. The molecule has 1 aliphatic heterocycles. The highest BCUT2D eigenvalue weighted by Gasteiger charge is 2.25. The van der Waals surface area contributed by atoms with E-state index in [4.69, 9.17) is 4.74 Å². The van der Waals surface area contributed by atoms with E-state index in [1.807, 2.05) is 12.5 Å². The van der Waals surface area contributed by atoms with E-state index in [-0.39, 0.29) is 0 Å². The van der Waals surface area contributed by atoms with Gasteiger partial charge in [-0.1, -0.05) is 0 Å². The summed E-state index contributed by atoms with van der Waals surface area (Å²) in [6.07, 6.45) is 9.20. The molecule has 2 fully saturated rings. The van der Waals surface area contributed by atoms with E-state index in [1.54, 1.807) is 0 Å². The molecule has 1 saturated carbocycles. The lowest BCUT2D eigenvalue weighted by molar-refractivity contribution is 0.0182. The number of nitrogens with zero attached hydrogens (tertiary/aromatic N) is 2. The van der Waals surface area contributed by atoms with Gasteiger partial charge in [0.15, 0.2) is 0 Å². The Labute approximate surface area is 96.0 Å². The molecule has 0 aromatic carbocycles. The van der Waals surface area contributed by atoms with Crippen LogP contribution < -0.4 is 5.32 Å². The van der Waals surface area contributed by atoms with Gasteiger partial charge in [-0.25, -0.2) is 4.98 Å². The van der Waals surface area contributed by atoms with Crippen LogP contribution in [0, 0.1) is 0 Å². The lowest BCUT2D eigenvalue weighted by atomic mass is 10.1. The minimum absolute atomic E-state index is 0.434. The monoisotopic (exact) mass is 221 g/mol. The first-order valence-corrected chi connectivity index (χ1v) is 6.26. The Bertz CT molecular complexity index is 340. The predicted molar refractivity (Wildman–Crippen MR) is 61.2 cm³/mol. The summed E-state index contributed by atoms with van der Waals surface area (Å²) >= 11 is 0. The van der Waals surface area contributed by atoms with Crippen LogP contribution in [0.5, 0.6) is 0 Å². The van der Waals surface area contributed by atoms with Gasteiger partial charge in [0.2, 0.25) is 0 Å². The van der Waals surface area contributed by atoms with Crippen molar-refractivity contribution in [3.63, 3.8) is 0 Å². The summed E-state index contributed by atoms with van der Waals surface area (Å²) in [5, 5.41) is 3.35. The number of rotatable bonds is 4. The fourth-order valence-electron chi connectivity index (χ4n) is 2.29. The van der Waals surface area contributed by atoms with Crippen molar-refractivity contribution in [3.8, 4) is 0 Å². The van der Waals surface area contributed by atoms with Crippen LogP contribution in [-0.4, -0.2) is 28.7 Å². The Balaban J connectivity index is 1.54. The van der Waals surface area contributed by atoms with E-state index in [2.05, 4.69) is 14.9 Å². The van der Waals surface area contributed by atoms with Crippen LogP contribution in [0.2, 0.25) is 0 Å². The van der Waals surface area contributed by atoms with Crippen LogP contribution in [-0.2, 0) is 11.3 Å². The maximum Gasteiger partial charge on any atom is 0.0951 e. The lowest BCUT2D eigenvalue weighted by Gasteiger charge is -2.23. The van der Waals surface area contributed by atoms with Crippen LogP contribution in [0.3, 0.4) is 0 Å². The Morgan fingerprint density at radius 2 is 2.12 bits per heavy atom. The molecule has 2 aliphatic rings. The topological polar surface area (TPSA) is 39.1 Å². The van der Waals surface area contributed by atoms with Gasteiger partial charge in [-0.05, 0) is 38.8 Å². The van der Waals surface area contributed by atoms with Gasteiger partial charge in [-0.3, -0.25) is 0 Å². The minimum Gasteiger partial charge on any atom is -0.372 e. The van der Waals surface area contributed by atoms with Crippen molar-refractivity contribution in [2.24, 2.45) is 0 Å². The second-order valence-corrected chi connectivity index (χ2v) is 4.78. The van der Waals surface area contributed by atoms with E-state index < -0.39 is 0 Å². The standard InChI is InChI=1S/C12H19N3O/c1-2-10(1)15-9-14-7-11(15)8-16-12-3-5-13-6-4-12/h7,9-10,12-13H,1-6,8H2. The average molecular weight is 221 g/mol. The molecule has 0 spiro atoms. The fourth-order valence-corrected chi connectivity index (χ4v) is 2.29. The summed E-state index contributed by atoms with van der Waals surface area (Å²) in [7, 11) is 0. The van der Waals surface area contributed by atoms with Gasteiger partial charge >= 0.3 is 0 Å². The van der Waals surface area contributed by atoms with Crippen LogP contribution in [0.1, 0.15) is 37.4 Å². The molecule has 2 heterocycles. The minimum atomic E-state index is 0.434. The SMILES string of the molecule is c1ncn(C2CC2)c1COC1CCNCC1. The highest BCUT2D eigenvalue weighted by molar-refractivity contribution is 5.02. The molecular formula is C12H19N3O. The zero-order chi connectivity index (χ0) is 10.8. The molecule has 16 heavy (non-hydrogen) atoms. The van der Waals surface area contributed by atoms with Crippen molar-refractivity contribution in [1.82, 2.24) is 14.9 Å². The van der Waals surface area contributed by atoms with Crippen molar-refractivity contribution in [3.05, 3.63) is 18.2 Å². The summed E-state index contributed by atoms with van der Waals surface area (Å²) in [6, 6.07) is 0.703. The molecule has 4 nitrogen and oxygen atoms in total. The Morgan fingerprint density at radius 3 is 2.88 bits per heavy atom. The zero-order valence-corrected chi connectivity index (χ0v) is 9.56. The van der Waals surface area contributed by atoms with Gasteiger partial charge in [0.1, 0.15) is 0 Å². The molecule has 3 rings (SSSR count). The number of piperidine rings is 1. The van der Waals surface area contributed by atoms with Crippen molar-refractivity contribution < 1.29 is 4.74 Å². The van der Waals surface area contributed by atoms with Crippen molar-refractivity contribution in [2.45, 2.75) is 44.4 Å². The van der Waals surface area contributed by atoms with Gasteiger partial charge < -0.3 is 14.6 Å². The van der Waals surface area contributed by atoms with E-state index in [1.165, 1.54) is 18.5 Å². The number of hydrogen-bond acceptors (Lipinski definition) is 3. The second-order valence-electron chi connectivity index (χ2n) is 4.78. The van der Waals surface area contributed by atoms with Crippen molar-refractivity contribution in [2.75, 3.05) is 13.1 Å². The van der Waals surface area contributed by atoms with Gasteiger partial charge in [0.25, 0.3) is 0 Å². The third kappa shape index (κ3) is 2.28. The molecule has 0 bridgehead atoms. The zero-order valence-electron chi connectivity index (χ0n) is 9.56. The first kappa shape index (κ1) is 10.3. The molecule has 1 aromatic rings. The largest absolute Gasteiger partial charge is 0.372 e. The van der Waals surface area contributed by atoms with E-state index >= 15 is 0 Å². The quantitative estimate of drug-likeness (QED) is 0.837. The highest BCUT2D eigenvalue weighted by Crippen LogP contribution is 2.35. The van der Waals surface area contributed by atoms with Crippen LogP contribution >= 0.6 is 0 Å². The van der Waals surface area contributed by atoms with E-state index in [9.17, 15) is 0 Å². The maximum atomic E-state index is 5.95. The van der Waals surface area contributed by atoms with Crippen LogP contribution in [0.4, 0.5) is 0 Å². The average Bonchev–Trinajstić information content (AvgIpc) is 3.07. The number of hydrogen-bond donors (Lipinski definition) is 1. The molecule has 0 amide bonds. The van der Waals surface area contributed by atoms with Gasteiger partial charge in [-0.2, -0.15) is 0 Å². The molecule has 0 unspecified atom stereocenters. The fraction of sp³-hybridized carbons (Fsp3) is 0.750. The number of ether oxygens (including phenoxy) is 1. The van der Waals surface area contributed by atoms with Crippen molar-refractivity contribution in [1.29, 1.82) is 0 Å². The Morgan fingerprint density at radius 1 is 1.31 bits per heavy atom. The first-order chi connectivity index (χ1) is 7.93. The molecule has 88 valence electrons. The first-order valence-electron chi connectivity index (χ1n) is 6.26. The molecule has 1 N–H and O–H groups in total. The highest BCUT2D eigenvalue weighted by atomic mass is 16.5. The van der Waals surface area contributed by atoms with Crippen LogP contribution in [0.25, 0.3) is 0 Å². The molecular weight excluding hydrogens is 202 g/mol. The smallest absolute Gasteiger partial charge is 0.0951 e. The predicted octanol–water partition coefficient (Wildman–Crippen LogP) is 1.49. The number of aromatic nitrogens is 2. The van der Waals surface area contributed by atoms with Crippen molar-refractivity contribution >= 4 is 0 Å². The normalized spacial score (nSPS) is 22.5. The molecule has 1 aromatic heterocycles. The Kier molecular flexibility index (Phi) is 2.93. The van der Waals surface area contributed by atoms with E-state index in [0.29, 0.717) is 12.1 Å². The lowest BCUT2D eigenvalue weighted by Crippen LogP contribution is -2.32. The Hall–Kier alpha value is -0.870. The molecule has 0 atom stereocenters. The molecule has 1 aliphatic carbocycles. The second kappa shape index (κ2) is 4.55.